The Labute approximate surface area is 71.4 Å². The van der Waals surface area contributed by atoms with Gasteiger partial charge in [-0.3, -0.25) is 4.90 Å². The van der Waals surface area contributed by atoms with Gasteiger partial charge in [-0.15, -0.1) is 0 Å². The number of rotatable bonds is 2. The molecule has 0 radical (unpaired) electrons. The molecule has 1 fully saturated rings. The van der Waals surface area contributed by atoms with Crippen LogP contribution in [0.1, 0.15) is 12.1 Å². The molecule has 2 N–H and O–H groups in total. The lowest BCUT2D eigenvalue weighted by Gasteiger charge is -2.30. The second-order valence-electron chi connectivity index (χ2n) is 3.06. The summed E-state index contributed by atoms with van der Waals surface area (Å²) in [5.74, 6) is 0.556. The summed E-state index contributed by atoms with van der Waals surface area (Å²) >= 11 is 0. The van der Waals surface area contributed by atoms with Crippen LogP contribution < -0.4 is 5.73 Å². The fourth-order valence-corrected chi connectivity index (χ4v) is 1.27. The van der Waals surface area contributed by atoms with E-state index in [4.69, 9.17) is 5.73 Å². The largest absolute Gasteiger partial charge is 0.384 e. The van der Waals surface area contributed by atoms with E-state index in [1.54, 1.807) is 0 Å². The van der Waals surface area contributed by atoms with Crippen LogP contribution in [0.3, 0.4) is 0 Å². The van der Waals surface area contributed by atoms with Crippen LogP contribution in [-0.2, 0) is 6.54 Å². The molecule has 0 amide bonds. The fraction of sp³-hybridized carbons (Fsp3) is 0.500. The van der Waals surface area contributed by atoms with Crippen molar-refractivity contribution in [3.05, 3.63) is 18.1 Å². The van der Waals surface area contributed by atoms with Crippen molar-refractivity contribution >= 4 is 5.82 Å². The van der Waals surface area contributed by atoms with Gasteiger partial charge < -0.3 is 5.73 Å². The highest BCUT2D eigenvalue weighted by molar-refractivity contribution is 5.27. The Kier molecular flexibility index (Phi) is 1.91. The van der Waals surface area contributed by atoms with Crippen molar-refractivity contribution in [2.75, 3.05) is 18.8 Å². The Morgan fingerprint density at radius 3 is 2.83 bits per heavy atom. The molecule has 4 heteroatoms. The molecule has 1 aliphatic heterocycles. The number of nitrogens with two attached hydrogens (primary N) is 1. The molecule has 0 saturated carbocycles. The lowest BCUT2D eigenvalue weighted by Crippen LogP contribution is -2.36. The highest BCUT2D eigenvalue weighted by Gasteiger charge is 2.14. The van der Waals surface area contributed by atoms with Crippen LogP contribution >= 0.6 is 0 Å². The molecule has 0 spiro atoms. The first-order chi connectivity index (χ1) is 5.84. The third kappa shape index (κ3) is 1.53. The van der Waals surface area contributed by atoms with Gasteiger partial charge >= 0.3 is 0 Å². The Morgan fingerprint density at radius 2 is 2.25 bits per heavy atom. The lowest BCUT2D eigenvalue weighted by atomic mass is 10.2. The maximum atomic E-state index is 5.52. The van der Waals surface area contributed by atoms with Crippen LogP contribution in [0.4, 0.5) is 5.82 Å². The summed E-state index contributed by atoms with van der Waals surface area (Å²) in [6.07, 6.45) is 2.82. The summed E-state index contributed by atoms with van der Waals surface area (Å²) in [6, 6.07) is 1.83. The average Bonchev–Trinajstić information content (AvgIpc) is 1.97. The normalized spacial score (nSPS) is 17.3. The molecule has 4 nitrogen and oxygen atoms in total. The van der Waals surface area contributed by atoms with Gasteiger partial charge in [0.05, 0.1) is 5.69 Å². The van der Waals surface area contributed by atoms with Gasteiger partial charge in [0, 0.05) is 12.6 Å². The molecule has 0 aromatic carbocycles. The molecule has 64 valence electrons. The monoisotopic (exact) mass is 164 g/mol. The molecule has 0 aliphatic carbocycles. The van der Waals surface area contributed by atoms with E-state index in [0.29, 0.717) is 5.82 Å². The molecule has 1 aromatic rings. The SMILES string of the molecule is Nc1cc(CN2CCC2)ncn1. The molecule has 2 rings (SSSR count). The van der Waals surface area contributed by atoms with Crippen molar-refractivity contribution in [3.63, 3.8) is 0 Å². The van der Waals surface area contributed by atoms with Gasteiger partial charge in [-0.25, -0.2) is 9.97 Å². The molecule has 1 aromatic heterocycles. The highest BCUT2D eigenvalue weighted by Crippen LogP contribution is 2.10. The second kappa shape index (κ2) is 3.06. The Bertz CT molecular complexity index is 270. The molecule has 12 heavy (non-hydrogen) atoms. The van der Waals surface area contributed by atoms with E-state index in [1.165, 1.54) is 25.8 Å². The zero-order valence-corrected chi connectivity index (χ0v) is 6.90. The summed E-state index contributed by atoms with van der Waals surface area (Å²) in [6.45, 7) is 3.28. The van der Waals surface area contributed by atoms with Gasteiger partial charge in [0.1, 0.15) is 12.1 Å². The first kappa shape index (κ1) is 7.49. The summed E-state index contributed by atoms with van der Waals surface area (Å²) < 4.78 is 0. The standard InChI is InChI=1S/C8H12N4/c9-8-4-7(10-6-11-8)5-12-2-1-3-12/h4,6H,1-3,5H2,(H2,9,10,11). The van der Waals surface area contributed by atoms with Crippen LogP contribution in [0.15, 0.2) is 12.4 Å². The summed E-state index contributed by atoms with van der Waals surface area (Å²) in [7, 11) is 0. The van der Waals surface area contributed by atoms with Crippen molar-refractivity contribution in [2.45, 2.75) is 13.0 Å². The number of likely N-dealkylation sites (tertiary alicyclic amines) is 1. The molecule has 0 unspecified atom stereocenters. The van der Waals surface area contributed by atoms with Crippen molar-refractivity contribution in [3.8, 4) is 0 Å². The van der Waals surface area contributed by atoms with Gasteiger partial charge in [-0.2, -0.15) is 0 Å². The molecule has 2 heterocycles. The van der Waals surface area contributed by atoms with Gasteiger partial charge in [0.15, 0.2) is 0 Å². The van der Waals surface area contributed by atoms with Crippen molar-refractivity contribution in [1.82, 2.24) is 14.9 Å². The topological polar surface area (TPSA) is 55.0 Å². The molecule has 0 atom stereocenters. The van der Waals surface area contributed by atoms with E-state index in [-0.39, 0.29) is 0 Å². The third-order valence-electron chi connectivity index (χ3n) is 2.08. The first-order valence-electron chi connectivity index (χ1n) is 4.13. The van der Waals surface area contributed by atoms with E-state index >= 15 is 0 Å². The van der Waals surface area contributed by atoms with Gasteiger partial charge in [-0.05, 0) is 19.5 Å². The second-order valence-corrected chi connectivity index (χ2v) is 3.06. The number of anilines is 1. The number of nitrogens with zero attached hydrogens (tertiary/aromatic N) is 3. The number of hydrogen-bond acceptors (Lipinski definition) is 4. The Hall–Kier alpha value is -1.16. The minimum Gasteiger partial charge on any atom is -0.384 e. The van der Waals surface area contributed by atoms with Crippen LogP contribution in [0, 0.1) is 0 Å². The van der Waals surface area contributed by atoms with Crippen LogP contribution in [0.5, 0.6) is 0 Å². The van der Waals surface area contributed by atoms with E-state index in [9.17, 15) is 0 Å². The Morgan fingerprint density at radius 1 is 1.42 bits per heavy atom. The van der Waals surface area contributed by atoms with E-state index in [0.717, 1.165) is 12.2 Å². The molecular weight excluding hydrogens is 152 g/mol. The van der Waals surface area contributed by atoms with E-state index < -0.39 is 0 Å². The average molecular weight is 164 g/mol. The van der Waals surface area contributed by atoms with Crippen molar-refractivity contribution < 1.29 is 0 Å². The first-order valence-corrected chi connectivity index (χ1v) is 4.13. The van der Waals surface area contributed by atoms with Crippen molar-refractivity contribution in [2.24, 2.45) is 0 Å². The number of aromatic nitrogens is 2. The molecule has 1 aliphatic rings. The maximum absolute atomic E-state index is 5.52. The summed E-state index contributed by atoms with van der Waals surface area (Å²) in [5.41, 5.74) is 6.54. The van der Waals surface area contributed by atoms with E-state index in [2.05, 4.69) is 14.9 Å². The zero-order chi connectivity index (χ0) is 8.39. The summed E-state index contributed by atoms with van der Waals surface area (Å²) in [4.78, 5) is 10.3. The smallest absolute Gasteiger partial charge is 0.127 e. The van der Waals surface area contributed by atoms with Crippen LogP contribution in [0.25, 0.3) is 0 Å². The fourth-order valence-electron chi connectivity index (χ4n) is 1.27. The van der Waals surface area contributed by atoms with Gasteiger partial charge in [-0.1, -0.05) is 0 Å². The number of hydrogen-bond donors (Lipinski definition) is 1. The number of nitrogen functional groups attached to an aromatic ring is 1. The highest BCUT2D eigenvalue weighted by atomic mass is 15.2. The van der Waals surface area contributed by atoms with Gasteiger partial charge in [0.25, 0.3) is 0 Å². The minimum atomic E-state index is 0.556. The predicted octanol–water partition coefficient (Wildman–Crippen LogP) is 0.264. The summed E-state index contributed by atoms with van der Waals surface area (Å²) in [5, 5.41) is 0. The van der Waals surface area contributed by atoms with Crippen LogP contribution in [0.2, 0.25) is 0 Å². The molecule has 1 saturated heterocycles. The third-order valence-corrected chi connectivity index (χ3v) is 2.08. The maximum Gasteiger partial charge on any atom is 0.127 e. The van der Waals surface area contributed by atoms with E-state index in [1.807, 2.05) is 6.07 Å². The molecule has 0 bridgehead atoms. The van der Waals surface area contributed by atoms with Crippen molar-refractivity contribution in [1.29, 1.82) is 0 Å². The minimum absolute atomic E-state index is 0.556. The Balaban J connectivity index is 2.02. The lowest BCUT2D eigenvalue weighted by molar-refractivity contribution is 0.170. The van der Waals surface area contributed by atoms with Crippen LogP contribution in [-0.4, -0.2) is 28.0 Å². The quantitative estimate of drug-likeness (QED) is 0.681. The predicted molar refractivity (Wildman–Crippen MR) is 46.3 cm³/mol. The zero-order valence-electron chi connectivity index (χ0n) is 6.90. The van der Waals surface area contributed by atoms with Gasteiger partial charge in [0.2, 0.25) is 0 Å². The molecular formula is C8H12N4.